The van der Waals surface area contributed by atoms with Crippen LogP contribution in [0, 0.1) is 6.92 Å². The number of amides is 1. The first-order valence-electron chi connectivity index (χ1n) is 8.60. The number of imidazole rings is 1. The van der Waals surface area contributed by atoms with Gasteiger partial charge in [0.2, 0.25) is 5.91 Å². The Morgan fingerprint density at radius 3 is 2.76 bits per heavy atom. The summed E-state index contributed by atoms with van der Waals surface area (Å²) in [4.78, 5) is 21.0. The molecule has 0 aliphatic heterocycles. The Balaban J connectivity index is 1.31. The Labute approximate surface area is 152 Å². The first kappa shape index (κ1) is 17.5. The third-order valence-corrected chi connectivity index (χ3v) is 4.98. The minimum atomic E-state index is 0.115. The van der Waals surface area contributed by atoms with Crippen molar-refractivity contribution in [2.45, 2.75) is 31.1 Å². The number of nitrogens with one attached hydrogen (secondary N) is 2. The summed E-state index contributed by atoms with van der Waals surface area (Å²) in [5.74, 6) is 1.90. The lowest BCUT2D eigenvalue weighted by molar-refractivity contribution is -0.120. The van der Waals surface area contributed by atoms with Gasteiger partial charge in [0.05, 0.1) is 11.0 Å². The maximum Gasteiger partial charge on any atom is 0.220 e. The number of aromatic nitrogens is 2. The van der Waals surface area contributed by atoms with Crippen molar-refractivity contribution in [1.29, 1.82) is 0 Å². The number of H-pyrrole nitrogens is 1. The molecule has 5 heteroatoms. The summed E-state index contributed by atoms with van der Waals surface area (Å²) >= 11 is 1.72. The second kappa shape index (κ2) is 8.72. The normalized spacial score (nSPS) is 10.9. The van der Waals surface area contributed by atoms with E-state index in [0.717, 1.165) is 35.5 Å². The molecule has 1 amide bonds. The molecule has 25 heavy (non-hydrogen) atoms. The Hall–Kier alpha value is -2.27. The molecule has 0 saturated carbocycles. The molecule has 3 aromatic rings. The zero-order valence-corrected chi connectivity index (χ0v) is 15.2. The van der Waals surface area contributed by atoms with Crippen molar-refractivity contribution in [3.05, 3.63) is 59.9 Å². The molecule has 0 aliphatic rings. The Kier molecular flexibility index (Phi) is 6.12. The van der Waals surface area contributed by atoms with Crippen LogP contribution >= 0.6 is 11.8 Å². The maximum absolute atomic E-state index is 11.9. The van der Waals surface area contributed by atoms with Crippen molar-refractivity contribution >= 4 is 28.7 Å². The van der Waals surface area contributed by atoms with Crippen LogP contribution in [0.2, 0.25) is 0 Å². The molecule has 4 nitrogen and oxygen atoms in total. The predicted octanol–water partition coefficient (Wildman–Crippen LogP) is 4.10. The zero-order chi connectivity index (χ0) is 17.5. The lowest BCUT2D eigenvalue weighted by Crippen LogP contribution is -2.25. The van der Waals surface area contributed by atoms with Crippen LogP contribution in [0.15, 0.2) is 53.4 Å². The van der Waals surface area contributed by atoms with Crippen LogP contribution in [0.4, 0.5) is 0 Å². The molecule has 0 fully saturated rings. The summed E-state index contributed by atoms with van der Waals surface area (Å²) in [7, 11) is 0. The van der Waals surface area contributed by atoms with E-state index in [2.05, 4.69) is 46.5 Å². The average molecular weight is 353 g/mol. The van der Waals surface area contributed by atoms with Gasteiger partial charge < -0.3 is 10.3 Å². The summed E-state index contributed by atoms with van der Waals surface area (Å²) in [6.45, 7) is 2.76. The molecule has 2 aromatic carbocycles. The molecule has 130 valence electrons. The number of aromatic amines is 1. The number of hydrogen-bond acceptors (Lipinski definition) is 3. The second-order valence-corrected chi connectivity index (χ2v) is 7.23. The number of carbonyl (C=O) groups excluding carboxylic acids is 1. The number of benzene rings is 2. The van der Waals surface area contributed by atoms with Crippen LogP contribution in [-0.2, 0) is 11.2 Å². The van der Waals surface area contributed by atoms with E-state index >= 15 is 0 Å². The van der Waals surface area contributed by atoms with E-state index in [4.69, 9.17) is 0 Å². The highest BCUT2D eigenvalue weighted by molar-refractivity contribution is 7.99. The fourth-order valence-electron chi connectivity index (χ4n) is 2.59. The number of nitrogens with zero attached hydrogens (tertiary/aromatic N) is 1. The predicted molar refractivity (Wildman–Crippen MR) is 104 cm³/mol. The first-order valence-corrected chi connectivity index (χ1v) is 9.59. The molecular formula is C20H23N3OS. The SMILES string of the molecule is Cc1ccc(SCCC(=O)NCCCc2nc3ccccc3[nH]2)cc1. The van der Waals surface area contributed by atoms with Gasteiger partial charge in [-0.1, -0.05) is 29.8 Å². The Morgan fingerprint density at radius 2 is 1.96 bits per heavy atom. The summed E-state index contributed by atoms with van der Waals surface area (Å²) in [5, 5.41) is 2.99. The molecule has 0 aliphatic carbocycles. The quantitative estimate of drug-likeness (QED) is 0.473. The Morgan fingerprint density at radius 1 is 1.16 bits per heavy atom. The van der Waals surface area contributed by atoms with Crippen molar-refractivity contribution in [3.8, 4) is 0 Å². The van der Waals surface area contributed by atoms with E-state index in [9.17, 15) is 4.79 Å². The number of hydrogen-bond donors (Lipinski definition) is 2. The van der Waals surface area contributed by atoms with Crippen LogP contribution in [0.5, 0.6) is 0 Å². The van der Waals surface area contributed by atoms with E-state index in [1.807, 2.05) is 24.3 Å². The van der Waals surface area contributed by atoms with Crippen LogP contribution in [0.25, 0.3) is 11.0 Å². The van der Waals surface area contributed by atoms with Crippen molar-refractivity contribution in [2.75, 3.05) is 12.3 Å². The smallest absolute Gasteiger partial charge is 0.220 e. The maximum atomic E-state index is 11.9. The van der Waals surface area contributed by atoms with Gasteiger partial charge in [0.25, 0.3) is 0 Å². The molecule has 0 atom stereocenters. The monoisotopic (exact) mass is 353 g/mol. The highest BCUT2D eigenvalue weighted by Crippen LogP contribution is 2.18. The van der Waals surface area contributed by atoms with Gasteiger partial charge in [-0.05, 0) is 37.6 Å². The van der Waals surface area contributed by atoms with Crippen molar-refractivity contribution in [2.24, 2.45) is 0 Å². The van der Waals surface area contributed by atoms with Gasteiger partial charge >= 0.3 is 0 Å². The van der Waals surface area contributed by atoms with E-state index in [-0.39, 0.29) is 5.91 Å². The van der Waals surface area contributed by atoms with Gasteiger partial charge in [-0.25, -0.2) is 4.98 Å². The zero-order valence-electron chi connectivity index (χ0n) is 14.4. The molecular weight excluding hydrogens is 330 g/mol. The molecule has 0 saturated heterocycles. The fraction of sp³-hybridized carbons (Fsp3) is 0.300. The van der Waals surface area contributed by atoms with E-state index in [1.165, 1.54) is 10.5 Å². The standard InChI is InChI=1S/C20H23N3OS/c1-15-8-10-16(11-9-15)25-14-12-20(24)21-13-4-7-19-22-17-5-2-3-6-18(17)23-19/h2-3,5-6,8-11H,4,7,12-14H2,1H3,(H,21,24)(H,22,23). The minimum Gasteiger partial charge on any atom is -0.356 e. The number of rotatable bonds is 8. The van der Waals surface area contributed by atoms with Gasteiger partial charge in [-0.2, -0.15) is 0 Å². The van der Waals surface area contributed by atoms with Crippen molar-refractivity contribution < 1.29 is 4.79 Å². The highest BCUT2D eigenvalue weighted by atomic mass is 32.2. The van der Waals surface area contributed by atoms with E-state index in [1.54, 1.807) is 11.8 Å². The third kappa shape index (κ3) is 5.36. The summed E-state index contributed by atoms with van der Waals surface area (Å²) in [6, 6.07) is 16.4. The molecule has 0 radical (unpaired) electrons. The topological polar surface area (TPSA) is 57.8 Å². The van der Waals surface area contributed by atoms with Gasteiger partial charge in [-0.3, -0.25) is 4.79 Å². The largest absolute Gasteiger partial charge is 0.356 e. The summed E-state index contributed by atoms with van der Waals surface area (Å²) in [5.41, 5.74) is 3.32. The van der Waals surface area contributed by atoms with Crippen LogP contribution < -0.4 is 5.32 Å². The minimum absolute atomic E-state index is 0.115. The van der Waals surface area contributed by atoms with Crippen molar-refractivity contribution in [3.63, 3.8) is 0 Å². The summed E-state index contributed by atoms with van der Waals surface area (Å²) < 4.78 is 0. The molecule has 2 N–H and O–H groups in total. The van der Waals surface area contributed by atoms with Crippen molar-refractivity contribution in [1.82, 2.24) is 15.3 Å². The number of carbonyl (C=O) groups is 1. The third-order valence-electron chi connectivity index (χ3n) is 3.97. The number of aryl methyl sites for hydroxylation is 2. The molecule has 1 aromatic heterocycles. The number of fused-ring (bicyclic) bond motifs is 1. The lowest BCUT2D eigenvalue weighted by Gasteiger charge is -2.05. The van der Waals surface area contributed by atoms with Crippen LogP contribution in [0.1, 0.15) is 24.2 Å². The van der Waals surface area contributed by atoms with E-state index < -0.39 is 0 Å². The Bertz CT molecular complexity index is 793. The fourth-order valence-corrected chi connectivity index (χ4v) is 3.44. The number of para-hydroxylation sites is 2. The van der Waals surface area contributed by atoms with Crippen LogP contribution in [-0.4, -0.2) is 28.2 Å². The van der Waals surface area contributed by atoms with Gasteiger partial charge in [0, 0.05) is 30.0 Å². The summed E-state index contributed by atoms with van der Waals surface area (Å²) in [6.07, 6.45) is 2.27. The average Bonchev–Trinajstić information content (AvgIpc) is 3.03. The van der Waals surface area contributed by atoms with E-state index in [0.29, 0.717) is 13.0 Å². The van der Waals surface area contributed by atoms with Gasteiger partial charge in [0.15, 0.2) is 0 Å². The van der Waals surface area contributed by atoms with Gasteiger partial charge in [-0.15, -0.1) is 11.8 Å². The second-order valence-electron chi connectivity index (χ2n) is 6.07. The molecule has 1 heterocycles. The molecule has 0 spiro atoms. The number of thioether (sulfide) groups is 1. The van der Waals surface area contributed by atoms with Gasteiger partial charge in [0.1, 0.15) is 5.82 Å². The lowest BCUT2D eigenvalue weighted by atomic mass is 10.2. The highest BCUT2D eigenvalue weighted by Gasteiger charge is 2.04. The molecule has 0 bridgehead atoms. The molecule has 0 unspecified atom stereocenters. The first-order chi connectivity index (χ1) is 12.2. The molecule has 3 rings (SSSR count). The van der Waals surface area contributed by atoms with Crippen LogP contribution in [0.3, 0.4) is 0 Å².